The van der Waals surface area contributed by atoms with Crippen molar-refractivity contribution in [3.63, 3.8) is 0 Å². The molecule has 2 fully saturated rings. The molecule has 1 N–H and O–H groups in total. The van der Waals surface area contributed by atoms with E-state index in [1.807, 2.05) is 0 Å². The molecule has 2 aromatic rings. The van der Waals surface area contributed by atoms with Gasteiger partial charge in [0.2, 0.25) is 0 Å². The lowest BCUT2D eigenvalue weighted by atomic mass is 9.98. The lowest BCUT2D eigenvalue weighted by Gasteiger charge is -2.35. The summed E-state index contributed by atoms with van der Waals surface area (Å²) in [5.41, 5.74) is -0.701. The van der Waals surface area contributed by atoms with E-state index in [1.165, 1.54) is 16.9 Å². The molecule has 1 amide bonds. The highest BCUT2D eigenvalue weighted by molar-refractivity contribution is 5.92. The van der Waals surface area contributed by atoms with E-state index in [0.29, 0.717) is 12.1 Å². The third-order valence-electron chi connectivity index (χ3n) is 5.34. The van der Waals surface area contributed by atoms with Crippen LogP contribution in [0.2, 0.25) is 0 Å². The maximum Gasteiger partial charge on any atom is 0.417 e. The molecule has 12 heteroatoms. The van der Waals surface area contributed by atoms with Crippen LogP contribution in [0.25, 0.3) is 5.82 Å². The largest absolute Gasteiger partial charge is 0.417 e. The van der Waals surface area contributed by atoms with E-state index in [1.54, 1.807) is 11.9 Å². The number of nitrogens with one attached hydrogen (secondary N) is 1. The van der Waals surface area contributed by atoms with Gasteiger partial charge in [-0.1, -0.05) is 5.21 Å². The summed E-state index contributed by atoms with van der Waals surface area (Å²) in [7, 11) is 1.76. The van der Waals surface area contributed by atoms with Gasteiger partial charge in [0.15, 0.2) is 11.5 Å². The average molecular weight is 453 g/mol. The number of rotatable bonds is 3. The minimum absolute atomic E-state index is 0. The Bertz CT molecular complexity index is 832. The Kier molecular flexibility index (Phi) is 7.13. The Hall–Kier alpha value is -1.91. The van der Waals surface area contributed by atoms with Crippen molar-refractivity contribution in [1.82, 2.24) is 30.2 Å². The van der Waals surface area contributed by atoms with E-state index >= 15 is 0 Å². The number of amides is 1. The lowest BCUT2D eigenvalue weighted by molar-refractivity contribution is -0.137. The maximum atomic E-state index is 12.7. The van der Waals surface area contributed by atoms with Gasteiger partial charge < -0.3 is 10.2 Å². The van der Waals surface area contributed by atoms with E-state index in [0.717, 1.165) is 37.9 Å². The second-order valence-corrected chi connectivity index (χ2v) is 7.13. The summed E-state index contributed by atoms with van der Waals surface area (Å²) in [4.78, 5) is 18.2. The molecule has 0 radical (unpaired) electrons. The van der Waals surface area contributed by atoms with Crippen LogP contribution in [-0.2, 0) is 6.18 Å². The lowest BCUT2D eigenvalue weighted by Crippen LogP contribution is -2.48. The molecule has 2 unspecified atom stereocenters. The number of pyridine rings is 1. The molecule has 7 nitrogen and oxygen atoms in total. The number of carbonyl (C=O) groups is 1. The van der Waals surface area contributed by atoms with E-state index in [2.05, 4.69) is 20.6 Å². The first kappa shape index (κ1) is 23.4. The van der Waals surface area contributed by atoms with Crippen molar-refractivity contribution in [2.75, 3.05) is 7.05 Å². The van der Waals surface area contributed by atoms with Gasteiger partial charge in [0.1, 0.15) is 0 Å². The second-order valence-electron chi connectivity index (χ2n) is 7.13. The van der Waals surface area contributed by atoms with Gasteiger partial charge in [-0.05, 0) is 37.8 Å². The molecule has 0 aromatic carbocycles. The molecule has 2 aromatic heterocycles. The molecule has 29 heavy (non-hydrogen) atoms. The molecule has 2 saturated heterocycles. The first-order valence-electron chi connectivity index (χ1n) is 8.80. The van der Waals surface area contributed by atoms with Crippen LogP contribution in [0.4, 0.5) is 13.2 Å². The molecule has 2 aliphatic rings. The Morgan fingerprint density at radius 1 is 1.21 bits per heavy atom. The van der Waals surface area contributed by atoms with Crippen LogP contribution in [0.5, 0.6) is 0 Å². The number of fused-ring (bicyclic) bond motifs is 2. The number of hydrogen-bond acceptors (Lipinski definition) is 5. The van der Waals surface area contributed by atoms with E-state index < -0.39 is 11.7 Å². The number of nitrogens with zero attached hydrogens (tertiary/aromatic N) is 5. The zero-order chi connectivity index (χ0) is 19.2. The van der Waals surface area contributed by atoms with Crippen LogP contribution < -0.4 is 5.32 Å². The quantitative estimate of drug-likeness (QED) is 0.774. The molecule has 4 rings (SSSR count). The number of hydrogen-bond donors (Lipinski definition) is 1. The second kappa shape index (κ2) is 8.85. The minimum Gasteiger partial charge on any atom is -0.337 e. The average Bonchev–Trinajstić information content (AvgIpc) is 3.26. The van der Waals surface area contributed by atoms with Crippen molar-refractivity contribution in [3.05, 3.63) is 35.8 Å². The van der Waals surface area contributed by atoms with Crippen molar-refractivity contribution in [1.29, 1.82) is 0 Å². The summed E-state index contributed by atoms with van der Waals surface area (Å²) in [6.07, 6.45) is 1.77. The SMILES string of the molecule is CN(C(=O)c1cn(-c2ccc(C(F)(F)F)cn2)nn1)C1CC2CCC(C1)N2.Cl.Cl. The predicted molar refractivity (Wildman–Crippen MR) is 104 cm³/mol. The van der Waals surface area contributed by atoms with Gasteiger partial charge in [-0.15, -0.1) is 29.9 Å². The molecular weight excluding hydrogens is 432 g/mol. The van der Waals surface area contributed by atoms with Crippen molar-refractivity contribution < 1.29 is 18.0 Å². The Morgan fingerprint density at radius 2 is 1.86 bits per heavy atom. The van der Waals surface area contributed by atoms with Gasteiger partial charge >= 0.3 is 6.18 Å². The van der Waals surface area contributed by atoms with Crippen molar-refractivity contribution in [3.8, 4) is 5.82 Å². The monoisotopic (exact) mass is 452 g/mol. The zero-order valence-electron chi connectivity index (χ0n) is 15.5. The third-order valence-corrected chi connectivity index (χ3v) is 5.34. The number of carbonyl (C=O) groups excluding carboxylic acids is 1. The molecule has 2 aliphatic heterocycles. The van der Waals surface area contributed by atoms with Crippen molar-refractivity contribution >= 4 is 30.7 Å². The van der Waals surface area contributed by atoms with Crippen molar-refractivity contribution in [2.24, 2.45) is 0 Å². The molecule has 0 aliphatic carbocycles. The van der Waals surface area contributed by atoms with E-state index in [-0.39, 0.29) is 48.3 Å². The van der Waals surface area contributed by atoms with Gasteiger partial charge in [-0.2, -0.15) is 13.2 Å². The minimum atomic E-state index is -4.45. The van der Waals surface area contributed by atoms with Gasteiger partial charge in [0, 0.05) is 31.4 Å². The molecule has 2 bridgehead atoms. The highest BCUT2D eigenvalue weighted by Crippen LogP contribution is 2.30. The fourth-order valence-corrected chi connectivity index (χ4v) is 3.85. The Balaban J connectivity index is 0.00000150. The molecular formula is C17H21Cl2F3N6O. The molecule has 4 heterocycles. The van der Waals surface area contributed by atoms with Gasteiger partial charge in [0.05, 0.1) is 11.8 Å². The normalized spacial score (nSPS) is 23.1. The summed E-state index contributed by atoms with van der Waals surface area (Å²) in [6, 6.07) is 3.17. The summed E-state index contributed by atoms with van der Waals surface area (Å²) in [5, 5.41) is 11.2. The summed E-state index contributed by atoms with van der Waals surface area (Å²) >= 11 is 0. The van der Waals surface area contributed by atoms with Gasteiger partial charge in [-0.25, -0.2) is 9.67 Å². The van der Waals surface area contributed by atoms with Crippen LogP contribution in [0.15, 0.2) is 24.5 Å². The molecule has 0 saturated carbocycles. The number of halogens is 5. The first-order chi connectivity index (χ1) is 12.8. The number of piperidine rings is 1. The molecule has 0 spiro atoms. The Morgan fingerprint density at radius 3 is 2.41 bits per heavy atom. The van der Waals surface area contributed by atoms with E-state index in [9.17, 15) is 18.0 Å². The van der Waals surface area contributed by atoms with Crippen LogP contribution in [-0.4, -0.2) is 56.0 Å². The highest BCUT2D eigenvalue weighted by atomic mass is 35.5. The summed E-state index contributed by atoms with van der Waals surface area (Å²) < 4.78 is 39.1. The van der Waals surface area contributed by atoms with Crippen LogP contribution >= 0.6 is 24.8 Å². The smallest absolute Gasteiger partial charge is 0.337 e. The molecule has 2 atom stereocenters. The number of alkyl halides is 3. The fraction of sp³-hybridized carbons (Fsp3) is 0.529. The first-order valence-corrected chi connectivity index (χ1v) is 8.80. The summed E-state index contributed by atoms with van der Waals surface area (Å²) in [5.74, 6) is -0.0865. The molecule has 160 valence electrons. The van der Waals surface area contributed by atoms with Gasteiger partial charge in [0.25, 0.3) is 5.91 Å². The van der Waals surface area contributed by atoms with Crippen LogP contribution in [0.1, 0.15) is 41.7 Å². The van der Waals surface area contributed by atoms with Gasteiger partial charge in [-0.3, -0.25) is 4.79 Å². The standard InChI is InChI=1S/C17H19F3N6O.2ClH/c1-25(13-6-11-3-4-12(7-13)22-11)16(27)14-9-26(24-23-14)15-5-2-10(8-21-15)17(18,19)20;;/h2,5,8-9,11-13,22H,3-4,6-7H2,1H3;2*1H. The third kappa shape index (κ3) is 4.81. The van der Waals surface area contributed by atoms with Crippen molar-refractivity contribution in [2.45, 2.75) is 50.0 Å². The predicted octanol–water partition coefficient (Wildman–Crippen LogP) is 2.88. The maximum absolute atomic E-state index is 12.7. The fourth-order valence-electron chi connectivity index (χ4n) is 3.85. The Labute approximate surface area is 177 Å². The van der Waals surface area contributed by atoms with Crippen LogP contribution in [0, 0.1) is 0 Å². The van der Waals surface area contributed by atoms with Crippen LogP contribution in [0.3, 0.4) is 0 Å². The zero-order valence-corrected chi connectivity index (χ0v) is 17.1. The topological polar surface area (TPSA) is 75.9 Å². The summed E-state index contributed by atoms with van der Waals surface area (Å²) in [6.45, 7) is 0. The number of aromatic nitrogens is 4. The van der Waals surface area contributed by atoms with E-state index in [4.69, 9.17) is 0 Å². The highest BCUT2D eigenvalue weighted by Gasteiger charge is 2.37.